The van der Waals surface area contributed by atoms with E-state index in [9.17, 15) is 24.5 Å². The van der Waals surface area contributed by atoms with Crippen molar-refractivity contribution < 1.29 is 19.3 Å². The first kappa shape index (κ1) is 19.9. The number of carbonyl (C=O) groups is 3. The average Bonchev–Trinajstić information content (AvgIpc) is 2.66. The molecule has 27 heavy (non-hydrogen) atoms. The first-order chi connectivity index (χ1) is 12.9. The molecule has 3 N–H and O–H groups in total. The molecule has 2 rings (SSSR count). The van der Waals surface area contributed by atoms with Crippen LogP contribution in [0.5, 0.6) is 0 Å². The average molecular weight is 391 g/mol. The largest absolute Gasteiger partial charge is 0.325 e. The third-order valence-corrected chi connectivity index (χ3v) is 3.71. The molecule has 0 aliphatic heterocycles. The normalized spacial score (nSPS) is 9.96. The Labute approximate surface area is 158 Å². The number of rotatable bonds is 6. The molecule has 2 aromatic carbocycles. The van der Waals surface area contributed by atoms with Gasteiger partial charge >= 0.3 is 0 Å². The van der Waals surface area contributed by atoms with Gasteiger partial charge in [0.15, 0.2) is 0 Å². The molecular formula is C17H15ClN4O5. The maximum absolute atomic E-state index is 11.9. The summed E-state index contributed by atoms with van der Waals surface area (Å²) in [6.07, 6.45) is -0.263. The van der Waals surface area contributed by atoms with Crippen LogP contribution in [0.2, 0.25) is 5.02 Å². The zero-order valence-electron chi connectivity index (χ0n) is 13.9. The van der Waals surface area contributed by atoms with Crippen molar-refractivity contribution in [2.45, 2.75) is 12.8 Å². The fraction of sp³-hybridized carbons (Fsp3) is 0.118. The number of amides is 3. The van der Waals surface area contributed by atoms with Crippen LogP contribution in [0.3, 0.4) is 0 Å². The van der Waals surface area contributed by atoms with Crippen LogP contribution in [-0.2, 0) is 9.59 Å². The number of hydrogen-bond donors (Lipinski definition) is 3. The van der Waals surface area contributed by atoms with Gasteiger partial charge in [-0.2, -0.15) is 0 Å². The van der Waals surface area contributed by atoms with Crippen molar-refractivity contribution in [2.75, 3.05) is 5.32 Å². The lowest BCUT2D eigenvalue weighted by molar-refractivity contribution is -0.384. The first-order valence-corrected chi connectivity index (χ1v) is 8.12. The molecule has 0 atom stereocenters. The van der Waals surface area contributed by atoms with Gasteiger partial charge in [0.2, 0.25) is 11.8 Å². The molecule has 0 heterocycles. The van der Waals surface area contributed by atoms with E-state index >= 15 is 0 Å². The predicted octanol–water partition coefficient (Wildman–Crippen LogP) is 2.43. The van der Waals surface area contributed by atoms with Crippen LogP contribution in [0.4, 0.5) is 11.4 Å². The number of benzene rings is 2. The number of nitrogens with one attached hydrogen (secondary N) is 3. The van der Waals surface area contributed by atoms with Crippen LogP contribution in [0.1, 0.15) is 23.2 Å². The fourth-order valence-corrected chi connectivity index (χ4v) is 2.18. The second-order valence-corrected chi connectivity index (χ2v) is 5.74. The molecule has 0 saturated heterocycles. The first-order valence-electron chi connectivity index (χ1n) is 7.75. The highest BCUT2D eigenvalue weighted by Gasteiger charge is 2.12. The highest BCUT2D eigenvalue weighted by Crippen LogP contribution is 2.20. The zero-order valence-corrected chi connectivity index (χ0v) is 14.7. The Morgan fingerprint density at radius 1 is 0.926 bits per heavy atom. The molecule has 0 radical (unpaired) electrons. The van der Waals surface area contributed by atoms with Gasteiger partial charge in [0.05, 0.1) is 15.6 Å². The van der Waals surface area contributed by atoms with E-state index < -0.39 is 22.6 Å². The van der Waals surface area contributed by atoms with Crippen molar-refractivity contribution in [3.8, 4) is 0 Å². The van der Waals surface area contributed by atoms with Gasteiger partial charge in [0.25, 0.3) is 11.6 Å². The lowest BCUT2D eigenvalue weighted by Gasteiger charge is -2.08. The molecule has 0 bridgehead atoms. The van der Waals surface area contributed by atoms with Crippen LogP contribution in [0, 0.1) is 10.1 Å². The monoisotopic (exact) mass is 390 g/mol. The molecule has 0 aliphatic rings. The smallest absolute Gasteiger partial charge is 0.269 e. The van der Waals surface area contributed by atoms with Gasteiger partial charge in [-0.3, -0.25) is 35.3 Å². The standard InChI is InChI=1S/C17H15ClN4O5/c18-13-3-1-2-4-14(13)19-15(23)9-10-16(24)20-21-17(25)11-5-7-12(8-6-11)22(26)27/h1-8H,9-10H2,(H,19,23)(H,20,24)(H,21,25). The van der Waals surface area contributed by atoms with Crippen LogP contribution in [0.25, 0.3) is 0 Å². The van der Waals surface area contributed by atoms with E-state index in [-0.39, 0.29) is 24.1 Å². The predicted molar refractivity (Wildman–Crippen MR) is 98.0 cm³/mol. The van der Waals surface area contributed by atoms with Crippen molar-refractivity contribution in [3.05, 3.63) is 69.2 Å². The number of nitro benzene ring substituents is 1. The third kappa shape index (κ3) is 6.08. The molecular weight excluding hydrogens is 376 g/mol. The number of carbonyl (C=O) groups excluding carboxylic acids is 3. The molecule has 0 spiro atoms. The van der Waals surface area contributed by atoms with Gasteiger partial charge < -0.3 is 5.32 Å². The Balaban J connectivity index is 1.75. The maximum Gasteiger partial charge on any atom is 0.269 e. The quantitative estimate of drug-likeness (QED) is 0.515. The van der Waals surface area contributed by atoms with E-state index in [0.29, 0.717) is 10.7 Å². The highest BCUT2D eigenvalue weighted by molar-refractivity contribution is 6.33. The van der Waals surface area contributed by atoms with Gasteiger partial charge in [0, 0.05) is 30.5 Å². The number of halogens is 1. The molecule has 0 fully saturated rings. The summed E-state index contributed by atoms with van der Waals surface area (Å²) < 4.78 is 0. The molecule has 0 aromatic heterocycles. The number of nitrogens with zero attached hydrogens (tertiary/aromatic N) is 1. The van der Waals surface area contributed by atoms with Crippen LogP contribution < -0.4 is 16.2 Å². The number of hydrazine groups is 1. The number of para-hydroxylation sites is 1. The molecule has 2 aromatic rings. The summed E-state index contributed by atoms with van der Waals surface area (Å²) >= 11 is 5.92. The third-order valence-electron chi connectivity index (χ3n) is 3.38. The van der Waals surface area contributed by atoms with E-state index in [0.717, 1.165) is 0 Å². The van der Waals surface area contributed by atoms with Crippen molar-refractivity contribution in [1.82, 2.24) is 10.9 Å². The Bertz CT molecular complexity index is 870. The van der Waals surface area contributed by atoms with E-state index in [1.54, 1.807) is 24.3 Å². The van der Waals surface area contributed by atoms with Gasteiger partial charge in [-0.15, -0.1) is 0 Å². The van der Waals surface area contributed by atoms with Gasteiger partial charge in [-0.25, -0.2) is 0 Å². The highest BCUT2D eigenvalue weighted by atomic mass is 35.5. The summed E-state index contributed by atoms with van der Waals surface area (Å²) in [6.45, 7) is 0. The molecule has 0 aliphatic carbocycles. The van der Waals surface area contributed by atoms with Crippen molar-refractivity contribution >= 4 is 40.7 Å². The summed E-state index contributed by atoms with van der Waals surface area (Å²) in [4.78, 5) is 45.4. The molecule has 0 unspecified atom stereocenters. The minimum atomic E-state index is -0.640. The summed E-state index contributed by atoms with van der Waals surface area (Å²) in [5, 5.41) is 13.5. The van der Waals surface area contributed by atoms with Crippen molar-refractivity contribution in [1.29, 1.82) is 0 Å². The Kier molecular flexibility index (Phi) is 6.84. The van der Waals surface area contributed by atoms with E-state index in [4.69, 9.17) is 11.6 Å². The molecule has 9 nitrogen and oxygen atoms in total. The minimum Gasteiger partial charge on any atom is -0.325 e. The summed E-state index contributed by atoms with van der Waals surface area (Å²) in [7, 11) is 0. The Morgan fingerprint density at radius 3 is 2.19 bits per heavy atom. The zero-order chi connectivity index (χ0) is 19.8. The number of non-ortho nitro benzene ring substituents is 1. The summed E-state index contributed by atoms with van der Waals surface area (Å²) in [6, 6.07) is 11.6. The van der Waals surface area contributed by atoms with Gasteiger partial charge in [0.1, 0.15) is 0 Å². The van der Waals surface area contributed by atoms with Crippen molar-refractivity contribution in [3.63, 3.8) is 0 Å². The topological polar surface area (TPSA) is 130 Å². The lowest BCUT2D eigenvalue weighted by Crippen LogP contribution is -2.41. The van der Waals surface area contributed by atoms with Crippen LogP contribution in [0.15, 0.2) is 48.5 Å². The minimum absolute atomic E-state index is 0.107. The van der Waals surface area contributed by atoms with Crippen LogP contribution in [-0.4, -0.2) is 22.6 Å². The SMILES string of the molecule is O=C(CCC(=O)Nc1ccccc1Cl)NNC(=O)c1ccc([N+](=O)[O-])cc1. The van der Waals surface area contributed by atoms with E-state index in [2.05, 4.69) is 16.2 Å². The Hall–Kier alpha value is -3.46. The molecule has 3 amide bonds. The Morgan fingerprint density at radius 2 is 1.56 bits per heavy atom. The van der Waals surface area contributed by atoms with Gasteiger partial charge in [-0.05, 0) is 24.3 Å². The number of nitro groups is 1. The van der Waals surface area contributed by atoms with Crippen molar-refractivity contribution in [2.24, 2.45) is 0 Å². The number of anilines is 1. The number of hydrogen-bond acceptors (Lipinski definition) is 5. The van der Waals surface area contributed by atoms with E-state index in [1.165, 1.54) is 24.3 Å². The van der Waals surface area contributed by atoms with Crippen LogP contribution >= 0.6 is 11.6 Å². The fourth-order valence-electron chi connectivity index (χ4n) is 2.00. The molecule has 0 saturated carbocycles. The second-order valence-electron chi connectivity index (χ2n) is 5.33. The molecule has 10 heteroatoms. The van der Waals surface area contributed by atoms with E-state index in [1.807, 2.05) is 0 Å². The lowest BCUT2D eigenvalue weighted by atomic mass is 10.2. The summed E-state index contributed by atoms with van der Waals surface area (Å²) in [5.41, 5.74) is 4.76. The van der Waals surface area contributed by atoms with Gasteiger partial charge in [-0.1, -0.05) is 23.7 Å². The maximum atomic E-state index is 11.9. The second kappa shape index (κ2) is 9.30. The molecule has 140 valence electrons. The summed E-state index contributed by atoms with van der Waals surface area (Å²) in [5.74, 6) is -1.61.